The summed E-state index contributed by atoms with van der Waals surface area (Å²) in [5, 5.41) is 2.97. The van der Waals surface area contributed by atoms with Crippen LogP contribution in [0, 0.1) is 11.6 Å². The number of carbonyl (C=O) groups excluding carboxylic acids is 2. The van der Waals surface area contributed by atoms with Gasteiger partial charge >= 0.3 is 0 Å². The van der Waals surface area contributed by atoms with E-state index in [1.54, 1.807) is 13.0 Å². The lowest BCUT2D eigenvalue weighted by molar-refractivity contribution is -0.139. The number of halogens is 2. The summed E-state index contributed by atoms with van der Waals surface area (Å²) in [7, 11) is -4.35. The van der Waals surface area contributed by atoms with Crippen LogP contribution in [0.4, 0.5) is 14.5 Å². The fourth-order valence-corrected chi connectivity index (χ4v) is 6.09. The van der Waals surface area contributed by atoms with Gasteiger partial charge in [0.15, 0.2) is 0 Å². The van der Waals surface area contributed by atoms with Crippen molar-refractivity contribution in [3.8, 4) is 0 Å². The zero-order valence-corrected chi connectivity index (χ0v) is 22.4. The Morgan fingerprint density at radius 3 is 2.18 bits per heavy atom. The number of para-hydroxylation sites is 1. The Kier molecular flexibility index (Phi) is 8.96. The van der Waals surface area contributed by atoms with E-state index in [2.05, 4.69) is 5.32 Å². The third kappa shape index (κ3) is 6.81. The van der Waals surface area contributed by atoms with Gasteiger partial charge in [-0.3, -0.25) is 13.9 Å². The number of hydrogen-bond donors (Lipinski definition) is 1. The summed E-state index contributed by atoms with van der Waals surface area (Å²) in [5.41, 5.74) is 0.258. The van der Waals surface area contributed by atoms with E-state index in [-0.39, 0.29) is 29.1 Å². The Morgan fingerprint density at radius 2 is 1.54 bits per heavy atom. The molecule has 2 amide bonds. The third-order valence-electron chi connectivity index (χ3n) is 6.87. The lowest BCUT2D eigenvalue weighted by atomic mass is 10.1. The summed E-state index contributed by atoms with van der Waals surface area (Å²) in [6, 6.07) is 17.2. The molecule has 0 heterocycles. The van der Waals surface area contributed by atoms with Crippen LogP contribution < -0.4 is 9.62 Å². The molecule has 7 nitrogen and oxygen atoms in total. The monoisotopic (exact) mass is 555 g/mol. The SMILES string of the molecule is CC(C(=O)NC1CCCC1)N(Cc1ccc(F)cc1)C(=O)CN(c1ccccc1F)S(=O)(=O)c1ccccc1. The lowest BCUT2D eigenvalue weighted by Crippen LogP contribution is -2.52. The van der Waals surface area contributed by atoms with Crippen molar-refractivity contribution in [2.24, 2.45) is 0 Å². The summed E-state index contributed by atoms with van der Waals surface area (Å²) < 4.78 is 56.4. The van der Waals surface area contributed by atoms with Crippen LogP contribution in [-0.4, -0.2) is 43.8 Å². The fraction of sp³-hybridized carbons (Fsp3) is 0.310. The largest absolute Gasteiger partial charge is 0.352 e. The summed E-state index contributed by atoms with van der Waals surface area (Å²) in [4.78, 5) is 28.1. The maximum atomic E-state index is 14.9. The Labute approximate surface area is 227 Å². The molecule has 10 heteroatoms. The van der Waals surface area contributed by atoms with Crippen molar-refractivity contribution >= 4 is 27.5 Å². The Morgan fingerprint density at radius 1 is 0.923 bits per heavy atom. The number of hydrogen-bond acceptors (Lipinski definition) is 4. The summed E-state index contributed by atoms with van der Waals surface area (Å²) in [6.07, 6.45) is 3.71. The molecule has 206 valence electrons. The first kappa shape index (κ1) is 28.2. The highest BCUT2D eigenvalue weighted by atomic mass is 32.2. The van der Waals surface area contributed by atoms with Gasteiger partial charge in [0.05, 0.1) is 10.6 Å². The zero-order valence-electron chi connectivity index (χ0n) is 21.6. The van der Waals surface area contributed by atoms with Crippen LogP contribution in [0.5, 0.6) is 0 Å². The average molecular weight is 556 g/mol. The molecule has 1 fully saturated rings. The summed E-state index contributed by atoms with van der Waals surface area (Å²) in [6.45, 7) is 0.736. The standard InChI is InChI=1S/C29H31F2N3O4S/c1-21(29(36)32-24-9-5-6-10-24)33(19-22-15-17-23(30)18-16-22)28(35)20-34(27-14-8-7-13-26(27)31)39(37,38)25-11-3-2-4-12-25/h2-4,7-8,11-18,21,24H,5-6,9-10,19-20H2,1H3,(H,32,36). The molecule has 3 aromatic rings. The van der Waals surface area contributed by atoms with E-state index in [0.29, 0.717) is 5.56 Å². The van der Waals surface area contributed by atoms with Gasteiger partial charge in [0, 0.05) is 12.6 Å². The van der Waals surface area contributed by atoms with Gasteiger partial charge in [-0.05, 0) is 61.7 Å². The minimum Gasteiger partial charge on any atom is -0.352 e. The highest BCUT2D eigenvalue weighted by Gasteiger charge is 2.34. The van der Waals surface area contributed by atoms with E-state index >= 15 is 0 Å². The van der Waals surface area contributed by atoms with E-state index in [0.717, 1.165) is 36.1 Å². The van der Waals surface area contributed by atoms with Gasteiger partial charge in [-0.15, -0.1) is 0 Å². The second kappa shape index (κ2) is 12.4. The molecule has 1 aliphatic rings. The van der Waals surface area contributed by atoms with Crippen molar-refractivity contribution in [1.82, 2.24) is 10.2 Å². The maximum absolute atomic E-state index is 14.9. The van der Waals surface area contributed by atoms with E-state index in [9.17, 15) is 26.8 Å². The first-order valence-corrected chi connectivity index (χ1v) is 14.3. The second-order valence-corrected chi connectivity index (χ2v) is 11.5. The molecule has 1 N–H and O–H groups in total. The van der Waals surface area contributed by atoms with E-state index in [4.69, 9.17) is 0 Å². The third-order valence-corrected chi connectivity index (χ3v) is 8.64. The Balaban J connectivity index is 1.68. The molecule has 1 unspecified atom stereocenters. The highest BCUT2D eigenvalue weighted by Crippen LogP contribution is 2.27. The first-order valence-electron chi connectivity index (χ1n) is 12.8. The van der Waals surface area contributed by atoms with E-state index in [1.165, 1.54) is 71.6 Å². The summed E-state index contributed by atoms with van der Waals surface area (Å²) in [5.74, 6) is -2.36. The minimum atomic E-state index is -4.35. The number of benzene rings is 3. The zero-order chi connectivity index (χ0) is 28.0. The van der Waals surface area contributed by atoms with Gasteiger partial charge in [-0.1, -0.05) is 55.3 Å². The van der Waals surface area contributed by atoms with Crippen LogP contribution in [0.3, 0.4) is 0 Å². The van der Waals surface area contributed by atoms with Crippen LogP contribution in [-0.2, 0) is 26.2 Å². The predicted molar refractivity (Wildman–Crippen MR) is 144 cm³/mol. The van der Waals surface area contributed by atoms with Crippen LogP contribution in [0.1, 0.15) is 38.2 Å². The molecule has 0 spiro atoms. The number of nitrogens with one attached hydrogen (secondary N) is 1. The molecule has 0 saturated heterocycles. The molecule has 0 aromatic heterocycles. The lowest BCUT2D eigenvalue weighted by Gasteiger charge is -2.32. The molecular weight excluding hydrogens is 524 g/mol. The number of carbonyl (C=O) groups is 2. The second-order valence-electron chi connectivity index (χ2n) is 9.59. The highest BCUT2D eigenvalue weighted by molar-refractivity contribution is 7.92. The molecule has 1 aliphatic carbocycles. The van der Waals surface area contributed by atoms with Gasteiger partial charge in [-0.25, -0.2) is 17.2 Å². The van der Waals surface area contributed by atoms with E-state index < -0.39 is 40.2 Å². The van der Waals surface area contributed by atoms with Crippen LogP contribution in [0.15, 0.2) is 83.8 Å². The molecule has 1 saturated carbocycles. The maximum Gasteiger partial charge on any atom is 0.264 e. The minimum absolute atomic E-state index is 0.0103. The van der Waals surface area contributed by atoms with Crippen LogP contribution >= 0.6 is 0 Å². The molecule has 3 aromatic carbocycles. The van der Waals surface area contributed by atoms with Gasteiger partial charge in [0.2, 0.25) is 11.8 Å². The fourth-order valence-electron chi connectivity index (χ4n) is 4.65. The van der Waals surface area contributed by atoms with Gasteiger partial charge < -0.3 is 10.2 Å². The number of amides is 2. The number of anilines is 1. The van der Waals surface area contributed by atoms with Crippen molar-refractivity contribution in [3.05, 3.63) is 96.1 Å². The van der Waals surface area contributed by atoms with Crippen molar-refractivity contribution < 1.29 is 26.8 Å². The first-order chi connectivity index (χ1) is 18.7. The Hall–Kier alpha value is -3.79. The van der Waals surface area contributed by atoms with Crippen molar-refractivity contribution in [2.45, 2.75) is 56.1 Å². The molecule has 1 atom stereocenters. The smallest absolute Gasteiger partial charge is 0.264 e. The van der Waals surface area contributed by atoms with Gasteiger partial charge in [-0.2, -0.15) is 0 Å². The topological polar surface area (TPSA) is 86.8 Å². The molecule has 0 bridgehead atoms. The van der Waals surface area contributed by atoms with Crippen LogP contribution in [0.2, 0.25) is 0 Å². The molecule has 0 aliphatic heterocycles. The predicted octanol–water partition coefficient (Wildman–Crippen LogP) is 4.64. The normalized spacial score (nSPS) is 14.5. The summed E-state index contributed by atoms with van der Waals surface area (Å²) >= 11 is 0. The van der Waals surface area contributed by atoms with Gasteiger partial charge in [0.1, 0.15) is 24.2 Å². The number of nitrogens with zero attached hydrogens (tertiary/aromatic N) is 2. The average Bonchev–Trinajstić information content (AvgIpc) is 3.45. The van der Waals surface area contributed by atoms with Crippen molar-refractivity contribution in [2.75, 3.05) is 10.8 Å². The van der Waals surface area contributed by atoms with Crippen molar-refractivity contribution in [1.29, 1.82) is 0 Å². The Bertz CT molecular complexity index is 1400. The molecule has 39 heavy (non-hydrogen) atoms. The molecule has 0 radical (unpaired) electrons. The molecular formula is C29H31F2N3O4S. The van der Waals surface area contributed by atoms with Crippen LogP contribution in [0.25, 0.3) is 0 Å². The molecule has 4 rings (SSSR count). The number of sulfonamides is 1. The van der Waals surface area contributed by atoms with Gasteiger partial charge in [0.25, 0.3) is 10.0 Å². The van der Waals surface area contributed by atoms with E-state index in [1.807, 2.05) is 0 Å². The number of rotatable bonds is 10. The quantitative estimate of drug-likeness (QED) is 0.395. The van der Waals surface area contributed by atoms with Crippen molar-refractivity contribution in [3.63, 3.8) is 0 Å².